The molecule has 0 unspecified atom stereocenters. The van der Waals surface area contributed by atoms with Crippen molar-refractivity contribution in [2.75, 3.05) is 24.3 Å². The van der Waals surface area contributed by atoms with Gasteiger partial charge in [0.05, 0.1) is 0 Å². The fraction of sp³-hybridized carbons (Fsp3) is 0.190. The molecule has 0 atom stereocenters. The van der Waals surface area contributed by atoms with E-state index in [9.17, 15) is 4.79 Å². The Morgan fingerprint density at radius 3 is 2.36 bits per heavy atom. The normalized spacial score (nSPS) is 10.4. The number of amides is 1. The molecule has 0 bridgehead atoms. The minimum absolute atomic E-state index is 0.258. The first kappa shape index (κ1) is 19.6. The van der Waals surface area contributed by atoms with Crippen LogP contribution in [0.25, 0.3) is 0 Å². The summed E-state index contributed by atoms with van der Waals surface area (Å²) in [5.74, 6) is 0.126. The van der Waals surface area contributed by atoms with Gasteiger partial charge in [0.15, 0.2) is 0 Å². The second-order valence-corrected chi connectivity index (χ2v) is 7.03. The van der Waals surface area contributed by atoms with Crippen molar-refractivity contribution >= 4 is 34.8 Å². The Morgan fingerprint density at radius 2 is 1.71 bits per heavy atom. The van der Waals surface area contributed by atoms with Crippen LogP contribution in [0.2, 0.25) is 5.02 Å². The van der Waals surface area contributed by atoms with Gasteiger partial charge in [0.2, 0.25) is 5.95 Å². The number of halogens is 1. The third-order valence-corrected chi connectivity index (χ3v) is 4.34. The highest BCUT2D eigenvalue weighted by atomic mass is 35.5. The molecule has 0 fully saturated rings. The zero-order valence-electron chi connectivity index (χ0n) is 16.0. The Balaban J connectivity index is 1.69. The van der Waals surface area contributed by atoms with Gasteiger partial charge in [-0.05, 0) is 55.0 Å². The van der Waals surface area contributed by atoms with Gasteiger partial charge in [-0.15, -0.1) is 0 Å². The number of nitrogens with zero attached hydrogens (tertiary/aromatic N) is 3. The van der Waals surface area contributed by atoms with Gasteiger partial charge >= 0.3 is 0 Å². The van der Waals surface area contributed by atoms with Gasteiger partial charge in [-0.3, -0.25) is 4.79 Å². The lowest BCUT2D eigenvalue weighted by Crippen LogP contribution is -2.24. The third-order valence-electron chi connectivity index (χ3n) is 4.09. The number of hydrogen-bond donors (Lipinski definition) is 2. The number of nitrogens with one attached hydrogen (secondary N) is 2. The first-order valence-corrected chi connectivity index (χ1v) is 9.21. The van der Waals surface area contributed by atoms with Crippen LogP contribution >= 0.6 is 11.6 Å². The maximum absolute atomic E-state index is 12.5. The highest BCUT2D eigenvalue weighted by Crippen LogP contribution is 2.18. The molecule has 2 N–H and O–H groups in total. The molecule has 0 aliphatic heterocycles. The molecule has 3 aromatic rings. The average Bonchev–Trinajstić information content (AvgIpc) is 2.67. The van der Waals surface area contributed by atoms with Gasteiger partial charge in [0.1, 0.15) is 5.69 Å². The lowest BCUT2D eigenvalue weighted by molar-refractivity contribution is 0.0945. The fourth-order valence-electron chi connectivity index (χ4n) is 2.59. The van der Waals surface area contributed by atoms with Crippen LogP contribution < -0.4 is 15.5 Å². The molecule has 1 heterocycles. The summed E-state index contributed by atoms with van der Waals surface area (Å²) >= 11 is 5.88. The smallest absolute Gasteiger partial charge is 0.270 e. The molecule has 0 saturated heterocycles. The predicted molar refractivity (Wildman–Crippen MR) is 113 cm³/mol. The Bertz CT molecular complexity index is 956. The molecule has 2 aromatic carbocycles. The van der Waals surface area contributed by atoms with Crippen LogP contribution in [0.5, 0.6) is 0 Å². The third kappa shape index (κ3) is 5.20. The maximum atomic E-state index is 12.5. The number of carbonyl (C=O) groups excluding carboxylic acids is 1. The second-order valence-electron chi connectivity index (χ2n) is 6.59. The number of anilines is 3. The summed E-state index contributed by atoms with van der Waals surface area (Å²) in [6.45, 7) is 2.23. The van der Waals surface area contributed by atoms with Gasteiger partial charge in [-0.2, -0.15) is 0 Å². The molecule has 144 valence electrons. The average molecular weight is 396 g/mol. The summed E-state index contributed by atoms with van der Waals surface area (Å²) in [5, 5.41) is 6.68. The molecule has 0 saturated carbocycles. The Labute approximate surface area is 169 Å². The molecule has 0 radical (unpaired) electrons. The van der Waals surface area contributed by atoms with E-state index < -0.39 is 0 Å². The molecule has 0 spiro atoms. The van der Waals surface area contributed by atoms with Crippen molar-refractivity contribution in [2.45, 2.75) is 13.5 Å². The van der Waals surface area contributed by atoms with Crippen molar-refractivity contribution < 1.29 is 4.79 Å². The number of rotatable bonds is 6. The van der Waals surface area contributed by atoms with Crippen molar-refractivity contribution in [1.82, 2.24) is 15.3 Å². The Morgan fingerprint density at radius 1 is 1.04 bits per heavy atom. The summed E-state index contributed by atoms with van der Waals surface area (Å²) < 4.78 is 0. The largest absolute Gasteiger partial charge is 0.378 e. The van der Waals surface area contributed by atoms with Crippen molar-refractivity contribution in [3.8, 4) is 0 Å². The molecule has 28 heavy (non-hydrogen) atoms. The highest BCUT2D eigenvalue weighted by Gasteiger charge is 2.11. The van der Waals surface area contributed by atoms with E-state index in [1.54, 1.807) is 18.2 Å². The molecule has 3 rings (SSSR count). The number of carbonyl (C=O) groups is 1. The van der Waals surface area contributed by atoms with E-state index >= 15 is 0 Å². The summed E-state index contributed by atoms with van der Waals surface area (Å²) in [7, 11) is 3.97. The monoisotopic (exact) mass is 395 g/mol. The van der Waals surface area contributed by atoms with Gasteiger partial charge in [-0.25, -0.2) is 9.97 Å². The van der Waals surface area contributed by atoms with Gasteiger partial charge < -0.3 is 15.5 Å². The van der Waals surface area contributed by atoms with Crippen LogP contribution in [0.3, 0.4) is 0 Å². The first-order chi connectivity index (χ1) is 13.4. The summed E-state index contributed by atoms with van der Waals surface area (Å²) in [4.78, 5) is 23.2. The van der Waals surface area contributed by atoms with E-state index in [4.69, 9.17) is 11.6 Å². The van der Waals surface area contributed by atoms with Crippen LogP contribution in [0.1, 0.15) is 21.7 Å². The molecular formula is C21H22ClN5O. The molecule has 0 aliphatic rings. The maximum Gasteiger partial charge on any atom is 0.270 e. The van der Waals surface area contributed by atoms with E-state index in [-0.39, 0.29) is 5.91 Å². The molecule has 0 aliphatic carbocycles. The van der Waals surface area contributed by atoms with Gasteiger partial charge in [0, 0.05) is 42.7 Å². The lowest BCUT2D eigenvalue weighted by Gasteiger charge is -2.13. The zero-order valence-corrected chi connectivity index (χ0v) is 16.8. The van der Waals surface area contributed by atoms with Crippen LogP contribution in [0, 0.1) is 6.92 Å². The van der Waals surface area contributed by atoms with Crippen LogP contribution in [-0.4, -0.2) is 30.0 Å². The molecular weight excluding hydrogens is 374 g/mol. The minimum atomic E-state index is -0.258. The quantitative estimate of drug-likeness (QED) is 0.655. The minimum Gasteiger partial charge on any atom is -0.378 e. The van der Waals surface area contributed by atoms with Crippen LogP contribution in [-0.2, 0) is 6.54 Å². The zero-order chi connectivity index (χ0) is 20.1. The van der Waals surface area contributed by atoms with Crippen LogP contribution in [0.15, 0.2) is 54.6 Å². The van der Waals surface area contributed by atoms with E-state index in [1.807, 2.05) is 62.3 Å². The van der Waals surface area contributed by atoms with Gasteiger partial charge in [-0.1, -0.05) is 23.7 Å². The lowest BCUT2D eigenvalue weighted by atomic mass is 10.2. The molecule has 1 aromatic heterocycles. The van der Waals surface area contributed by atoms with Crippen molar-refractivity contribution in [1.29, 1.82) is 0 Å². The number of aromatic nitrogens is 2. The fourth-order valence-corrected chi connectivity index (χ4v) is 2.71. The molecule has 6 nitrogen and oxygen atoms in total. The summed E-state index contributed by atoms with van der Waals surface area (Å²) in [6, 6.07) is 16.9. The predicted octanol–water partition coefficient (Wildman–Crippen LogP) is 4.18. The summed E-state index contributed by atoms with van der Waals surface area (Å²) in [6.07, 6.45) is 0. The highest BCUT2D eigenvalue weighted by molar-refractivity contribution is 6.30. The topological polar surface area (TPSA) is 70.2 Å². The SMILES string of the molecule is Cc1cc(C(=O)NCc2ccc(Cl)cc2)nc(Nc2ccc(N(C)C)cc2)n1. The second kappa shape index (κ2) is 8.71. The van der Waals surface area contributed by atoms with Crippen LogP contribution in [0.4, 0.5) is 17.3 Å². The molecule has 1 amide bonds. The van der Waals surface area contributed by atoms with E-state index in [1.165, 1.54) is 0 Å². The van der Waals surface area contributed by atoms with E-state index in [2.05, 4.69) is 20.6 Å². The molecule has 7 heteroatoms. The number of benzene rings is 2. The van der Waals surface area contributed by atoms with Crippen molar-refractivity contribution in [3.05, 3.63) is 76.6 Å². The van der Waals surface area contributed by atoms with E-state index in [0.29, 0.717) is 28.9 Å². The van der Waals surface area contributed by atoms with Gasteiger partial charge in [0.25, 0.3) is 5.91 Å². The number of aryl methyl sites for hydroxylation is 1. The Hall–Kier alpha value is -3.12. The van der Waals surface area contributed by atoms with Crippen molar-refractivity contribution in [2.24, 2.45) is 0 Å². The van der Waals surface area contributed by atoms with E-state index in [0.717, 1.165) is 16.9 Å². The summed E-state index contributed by atoms with van der Waals surface area (Å²) in [5.41, 5.74) is 3.93. The standard InChI is InChI=1S/C21H22ClN5O/c1-14-12-19(20(28)23-13-15-4-6-16(22)7-5-15)26-21(24-14)25-17-8-10-18(11-9-17)27(2)3/h4-12H,13H2,1-3H3,(H,23,28)(H,24,25,26). The number of hydrogen-bond acceptors (Lipinski definition) is 5. The first-order valence-electron chi connectivity index (χ1n) is 8.83. The Kier molecular flexibility index (Phi) is 6.11. The van der Waals surface area contributed by atoms with Crippen molar-refractivity contribution in [3.63, 3.8) is 0 Å².